The number of hydrogen-bond acceptors (Lipinski definition) is 5. The molecule has 4 atom stereocenters. The lowest BCUT2D eigenvalue weighted by Gasteiger charge is -2.24. The molecule has 0 radical (unpaired) electrons. The minimum Gasteiger partial charge on any atom is -0.394 e. The van der Waals surface area contributed by atoms with Crippen LogP contribution in [0.4, 0.5) is 0 Å². The van der Waals surface area contributed by atoms with E-state index in [1.165, 1.54) is 6.08 Å². The van der Waals surface area contributed by atoms with Gasteiger partial charge in [-0.15, -0.1) is 6.58 Å². The van der Waals surface area contributed by atoms with Gasteiger partial charge in [0.25, 0.3) is 0 Å². The molecule has 0 spiro atoms. The summed E-state index contributed by atoms with van der Waals surface area (Å²) in [6, 6.07) is 0. The van der Waals surface area contributed by atoms with Gasteiger partial charge >= 0.3 is 0 Å². The molecule has 0 fully saturated rings. The highest BCUT2D eigenvalue weighted by atomic mass is 16.4. The summed E-state index contributed by atoms with van der Waals surface area (Å²) in [7, 11) is 0. The Labute approximate surface area is 76.6 Å². The topological polar surface area (TPSA) is 101 Å². The van der Waals surface area contributed by atoms with Crippen LogP contribution >= 0.6 is 0 Å². The summed E-state index contributed by atoms with van der Waals surface area (Å²) in [5, 5.41) is 44.8. The summed E-state index contributed by atoms with van der Waals surface area (Å²) in [6.07, 6.45) is -4.19. The van der Waals surface area contributed by atoms with E-state index in [2.05, 4.69) is 6.58 Å². The van der Waals surface area contributed by atoms with Gasteiger partial charge in [0.1, 0.15) is 18.3 Å². The van der Waals surface area contributed by atoms with E-state index in [4.69, 9.17) is 20.4 Å². The molecule has 0 aliphatic carbocycles. The Balaban J connectivity index is 4.06. The SMILES string of the molecule is C=CC[C@H](O)[C@@H](O)[C@@H](O)[C@H](O)CO. The molecule has 0 rings (SSSR count). The second-order valence-corrected chi connectivity index (χ2v) is 2.82. The molecule has 0 aromatic carbocycles. The molecular weight excluding hydrogens is 176 g/mol. The average molecular weight is 192 g/mol. The van der Waals surface area contributed by atoms with Crippen molar-refractivity contribution >= 4 is 0 Å². The monoisotopic (exact) mass is 192 g/mol. The molecule has 0 aliphatic rings. The third kappa shape index (κ3) is 3.84. The molecule has 0 heterocycles. The van der Waals surface area contributed by atoms with E-state index in [-0.39, 0.29) is 6.42 Å². The van der Waals surface area contributed by atoms with Crippen LogP contribution in [-0.4, -0.2) is 56.6 Å². The highest BCUT2D eigenvalue weighted by Crippen LogP contribution is 2.07. The molecule has 0 amide bonds. The van der Waals surface area contributed by atoms with Crippen LogP contribution < -0.4 is 0 Å². The van der Waals surface area contributed by atoms with Gasteiger partial charge in [-0.2, -0.15) is 0 Å². The zero-order valence-electron chi connectivity index (χ0n) is 7.24. The molecule has 5 heteroatoms. The third-order valence-corrected chi connectivity index (χ3v) is 1.73. The van der Waals surface area contributed by atoms with Gasteiger partial charge in [-0.25, -0.2) is 0 Å². The van der Waals surface area contributed by atoms with Crippen molar-refractivity contribution in [3.8, 4) is 0 Å². The van der Waals surface area contributed by atoms with Gasteiger partial charge in [0, 0.05) is 0 Å². The van der Waals surface area contributed by atoms with E-state index in [9.17, 15) is 5.11 Å². The van der Waals surface area contributed by atoms with Crippen LogP contribution in [0.5, 0.6) is 0 Å². The lowest BCUT2D eigenvalue weighted by atomic mass is 10.0. The first kappa shape index (κ1) is 12.5. The molecule has 0 bridgehead atoms. The Morgan fingerprint density at radius 3 is 1.85 bits per heavy atom. The molecular formula is C8H16O5. The minimum absolute atomic E-state index is 0.108. The maximum Gasteiger partial charge on any atom is 0.110 e. The number of aliphatic hydroxyl groups is 5. The second-order valence-electron chi connectivity index (χ2n) is 2.82. The van der Waals surface area contributed by atoms with E-state index >= 15 is 0 Å². The van der Waals surface area contributed by atoms with Crippen molar-refractivity contribution in [3.05, 3.63) is 12.7 Å². The maximum absolute atomic E-state index is 9.20. The van der Waals surface area contributed by atoms with Crippen LogP contribution in [0.25, 0.3) is 0 Å². The van der Waals surface area contributed by atoms with Crippen LogP contribution in [0.3, 0.4) is 0 Å². The Hall–Kier alpha value is -0.460. The fourth-order valence-corrected chi connectivity index (χ4v) is 0.873. The molecule has 0 saturated carbocycles. The lowest BCUT2D eigenvalue weighted by molar-refractivity contribution is -0.113. The van der Waals surface area contributed by atoms with Crippen molar-refractivity contribution in [1.82, 2.24) is 0 Å². The van der Waals surface area contributed by atoms with Gasteiger partial charge in [-0.1, -0.05) is 6.08 Å². The number of rotatable bonds is 6. The van der Waals surface area contributed by atoms with Crippen LogP contribution in [0.2, 0.25) is 0 Å². The lowest BCUT2D eigenvalue weighted by Crippen LogP contribution is -2.45. The van der Waals surface area contributed by atoms with Gasteiger partial charge < -0.3 is 25.5 Å². The fourth-order valence-electron chi connectivity index (χ4n) is 0.873. The molecule has 0 saturated heterocycles. The first-order chi connectivity index (χ1) is 6.04. The zero-order valence-corrected chi connectivity index (χ0v) is 7.24. The standard InChI is InChI=1S/C8H16O5/c1-2-3-5(10)7(12)8(13)6(11)4-9/h2,5-13H,1,3-4H2/t5-,6+,7+,8-/m0/s1. The van der Waals surface area contributed by atoms with Gasteiger partial charge in [-0.05, 0) is 6.42 Å². The Morgan fingerprint density at radius 1 is 1.00 bits per heavy atom. The summed E-state index contributed by atoms with van der Waals surface area (Å²) in [4.78, 5) is 0. The average Bonchev–Trinajstić information content (AvgIpc) is 2.14. The zero-order chi connectivity index (χ0) is 10.4. The first-order valence-corrected chi connectivity index (χ1v) is 3.98. The van der Waals surface area contributed by atoms with Crippen molar-refractivity contribution in [2.75, 3.05) is 6.61 Å². The smallest absolute Gasteiger partial charge is 0.110 e. The highest BCUT2D eigenvalue weighted by molar-refractivity contribution is 4.84. The van der Waals surface area contributed by atoms with E-state index in [1.54, 1.807) is 0 Å². The summed E-state index contributed by atoms with van der Waals surface area (Å²) >= 11 is 0. The maximum atomic E-state index is 9.20. The van der Waals surface area contributed by atoms with Crippen molar-refractivity contribution in [2.24, 2.45) is 0 Å². The molecule has 0 unspecified atom stereocenters. The summed E-state index contributed by atoms with van der Waals surface area (Å²) in [5.41, 5.74) is 0. The molecule has 5 nitrogen and oxygen atoms in total. The molecule has 13 heavy (non-hydrogen) atoms. The van der Waals surface area contributed by atoms with E-state index in [1.807, 2.05) is 0 Å². The normalized spacial score (nSPS) is 20.4. The van der Waals surface area contributed by atoms with Crippen molar-refractivity contribution < 1.29 is 25.5 Å². The number of aliphatic hydroxyl groups excluding tert-OH is 5. The Morgan fingerprint density at radius 2 is 1.46 bits per heavy atom. The van der Waals surface area contributed by atoms with E-state index in [0.29, 0.717) is 0 Å². The molecule has 5 N–H and O–H groups in total. The van der Waals surface area contributed by atoms with Crippen molar-refractivity contribution in [2.45, 2.75) is 30.8 Å². The highest BCUT2D eigenvalue weighted by Gasteiger charge is 2.28. The van der Waals surface area contributed by atoms with Gasteiger partial charge in [0.05, 0.1) is 12.7 Å². The summed E-state index contributed by atoms with van der Waals surface area (Å²) in [6.45, 7) is 2.68. The predicted molar refractivity (Wildman–Crippen MR) is 45.9 cm³/mol. The first-order valence-electron chi connectivity index (χ1n) is 3.98. The molecule has 78 valence electrons. The van der Waals surface area contributed by atoms with Crippen LogP contribution in [-0.2, 0) is 0 Å². The quantitative estimate of drug-likeness (QED) is 0.313. The number of hydrogen-bond donors (Lipinski definition) is 5. The van der Waals surface area contributed by atoms with Crippen LogP contribution in [0, 0.1) is 0 Å². The second kappa shape index (κ2) is 6.06. The Bertz CT molecular complexity index is 149. The molecule has 0 aromatic heterocycles. The third-order valence-electron chi connectivity index (χ3n) is 1.73. The fraction of sp³-hybridized carbons (Fsp3) is 0.750. The largest absolute Gasteiger partial charge is 0.394 e. The van der Waals surface area contributed by atoms with E-state index < -0.39 is 31.0 Å². The van der Waals surface area contributed by atoms with Crippen molar-refractivity contribution in [3.63, 3.8) is 0 Å². The van der Waals surface area contributed by atoms with Gasteiger partial charge in [0.2, 0.25) is 0 Å². The van der Waals surface area contributed by atoms with Crippen LogP contribution in [0.15, 0.2) is 12.7 Å². The van der Waals surface area contributed by atoms with Crippen molar-refractivity contribution in [1.29, 1.82) is 0 Å². The minimum atomic E-state index is -1.56. The predicted octanol–water partition coefficient (Wildman–Crippen LogP) is -2.00. The summed E-state index contributed by atoms with van der Waals surface area (Å²) < 4.78 is 0. The van der Waals surface area contributed by atoms with E-state index in [0.717, 1.165) is 0 Å². The summed E-state index contributed by atoms with van der Waals surface area (Å²) in [5.74, 6) is 0. The van der Waals surface area contributed by atoms with Gasteiger partial charge in [0.15, 0.2) is 0 Å². The Kier molecular flexibility index (Phi) is 5.85. The van der Waals surface area contributed by atoms with Crippen LogP contribution in [0.1, 0.15) is 6.42 Å². The molecule has 0 aliphatic heterocycles. The molecule has 0 aromatic rings. The van der Waals surface area contributed by atoms with Gasteiger partial charge in [-0.3, -0.25) is 0 Å².